The number of aliphatic hydroxyl groups is 1. The third kappa shape index (κ3) is 2.86. The number of aryl methyl sites for hydroxylation is 3. The van der Waals surface area contributed by atoms with Crippen LogP contribution >= 0.6 is 0 Å². The van der Waals surface area contributed by atoms with Crippen LogP contribution in [0.5, 0.6) is 5.88 Å². The SMILES string of the molecule is CCc1nn(C)c(OC)c1CNCC1(O)CCc2ccccc21. The molecule has 0 aliphatic heterocycles. The molecule has 124 valence electrons. The van der Waals surface area contributed by atoms with Crippen LogP contribution in [0, 0.1) is 0 Å². The number of nitrogens with zero attached hydrogens (tertiary/aromatic N) is 2. The summed E-state index contributed by atoms with van der Waals surface area (Å²) >= 11 is 0. The smallest absolute Gasteiger partial charge is 0.216 e. The Bertz CT molecular complexity index is 696. The van der Waals surface area contributed by atoms with Gasteiger partial charge in [-0.2, -0.15) is 5.10 Å². The zero-order chi connectivity index (χ0) is 16.4. The Balaban J connectivity index is 1.71. The van der Waals surface area contributed by atoms with Gasteiger partial charge in [-0.25, -0.2) is 4.68 Å². The van der Waals surface area contributed by atoms with Crippen molar-refractivity contribution in [2.45, 2.75) is 38.3 Å². The van der Waals surface area contributed by atoms with E-state index in [-0.39, 0.29) is 0 Å². The number of hydrogen-bond donors (Lipinski definition) is 2. The van der Waals surface area contributed by atoms with Crippen molar-refractivity contribution < 1.29 is 9.84 Å². The Kier molecular flexibility index (Phi) is 4.41. The number of aromatic nitrogens is 2. The molecule has 0 fully saturated rings. The Labute approximate surface area is 137 Å². The van der Waals surface area contributed by atoms with Crippen LogP contribution in [0.3, 0.4) is 0 Å². The molecule has 0 saturated carbocycles. The normalized spacial score (nSPS) is 19.8. The molecular weight excluding hydrogens is 290 g/mol. The van der Waals surface area contributed by atoms with Crippen molar-refractivity contribution in [1.82, 2.24) is 15.1 Å². The highest BCUT2D eigenvalue weighted by Crippen LogP contribution is 2.36. The van der Waals surface area contributed by atoms with Crippen LogP contribution in [0.4, 0.5) is 0 Å². The second-order valence-electron chi connectivity index (χ2n) is 6.20. The van der Waals surface area contributed by atoms with Crippen LogP contribution in [-0.2, 0) is 32.0 Å². The van der Waals surface area contributed by atoms with E-state index < -0.39 is 5.60 Å². The maximum absolute atomic E-state index is 11.0. The quantitative estimate of drug-likeness (QED) is 0.855. The van der Waals surface area contributed by atoms with Crippen molar-refractivity contribution in [3.8, 4) is 5.88 Å². The third-order valence-electron chi connectivity index (χ3n) is 4.75. The molecule has 0 spiro atoms. The molecule has 1 unspecified atom stereocenters. The van der Waals surface area contributed by atoms with E-state index in [2.05, 4.69) is 23.4 Å². The lowest BCUT2D eigenvalue weighted by molar-refractivity contribution is 0.0384. The largest absolute Gasteiger partial charge is 0.481 e. The van der Waals surface area contributed by atoms with Crippen molar-refractivity contribution in [2.24, 2.45) is 7.05 Å². The first kappa shape index (κ1) is 16.0. The summed E-state index contributed by atoms with van der Waals surface area (Å²) < 4.78 is 7.23. The number of nitrogens with one attached hydrogen (secondary N) is 1. The highest BCUT2D eigenvalue weighted by Gasteiger charge is 2.36. The van der Waals surface area contributed by atoms with E-state index in [0.717, 1.165) is 42.0 Å². The minimum Gasteiger partial charge on any atom is -0.481 e. The first-order valence-electron chi connectivity index (χ1n) is 8.19. The van der Waals surface area contributed by atoms with Crippen LogP contribution in [0.2, 0.25) is 0 Å². The predicted octanol–water partition coefficient (Wildman–Crippen LogP) is 1.91. The van der Waals surface area contributed by atoms with Crippen LogP contribution in [-0.4, -0.2) is 28.5 Å². The Morgan fingerprint density at radius 1 is 1.39 bits per heavy atom. The lowest BCUT2D eigenvalue weighted by Gasteiger charge is -2.24. The molecular formula is C18H25N3O2. The fourth-order valence-corrected chi connectivity index (χ4v) is 3.57. The fraction of sp³-hybridized carbons (Fsp3) is 0.500. The molecule has 1 aromatic carbocycles. The van der Waals surface area contributed by atoms with Gasteiger partial charge in [-0.05, 0) is 30.4 Å². The molecule has 1 atom stereocenters. The van der Waals surface area contributed by atoms with Gasteiger partial charge in [0.25, 0.3) is 0 Å². The lowest BCUT2D eigenvalue weighted by Crippen LogP contribution is -2.36. The van der Waals surface area contributed by atoms with Crippen LogP contribution in [0.15, 0.2) is 24.3 Å². The van der Waals surface area contributed by atoms with Gasteiger partial charge >= 0.3 is 0 Å². The number of methoxy groups -OCH3 is 1. The number of rotatable bonds is 6. The monoisotopic (exact) mass is 315 g/mol. The van der Waals surface area contributed by atoms with Gasteiger partial charge in [0.1, 0.15) is 5.60 Å². The van der Waals surface area contributed by atoms with Gasteiger partial charge in [-0.15, -0.1) is 0 Å². The Morgan fingerprint density at radius 3 is 2.91 bits per heavy atom. The molecule has 5 nitrogen and oxygen atoms in total. The summed E-state index contributed by atoms with van der Waals surface area (Å²) in [6.45, 7) is 3.27. The van der Waals surface area contributed by atoms with Gasteiger partial charge in [0.2, 0.25) is 5.88 Å². The topological polar surface area (TPSA) is 59.3 Å². The fourth-order valence-electron chi connectivity index (χ4n) is 3.57. The zero-order valence-electron chi connectivity index (χ0n) is 14.1. The van der Waals surface area contributed by atoms with Crippen LogP contribution in [0.25, 0.3) is 0 Å². The second-order valence-corrected chi connectivity index (χ2v) is 6.20. The van der Waals surface area contributed by atoms with Crippen LogP contribution in [0.1, 0.15) is 35.7 Å². The number of fused-ring (bicyclic) bond motifs is 1. The Morgan fingerprint density at radius 2 is 2.17 bits per heavy atom. The zero-order valence-corrected chi connectivity index (χ0v) is 14.1. The average Bonchev–Trinajstić information content (AvgIpc) is 3.06. The number of hydrogen-bond acceptors (Lipinski definition) is 4. The summed E-state index contributed by atoms with van der Waals surface area (Å²) in [5.74, 6) is 0.785. The highest BCUT2D eigenvalue weighted by atomic mass is 16.5. The van der Waals surface area contributed by atoms with Gasteiger partial charge in [0.05, 0.1) is 18.4 Å². The van der Waals surface area contributed by atoms with Gasteiger partial charge < -0.3 is 15.2 Å². The van der Waals surface area contributed by atoms with Crippen LogP contribution < -0.4 is 10.1 Å². The molecule has 2 N–H and O–H groups in total. The second kappa shape index (κ2) is 6.34. The standard InChI is InChI=1S/C18H25N3O2/c1-4-16-14(17(23-3)21(2)20-16)11-19-12-18(22)10-9-13-7-5-6-8-15(13)18/h5-8,19,22H,4,9-12H2,1-3H3. The van der Waals surface area contributed by atoms with Gasteiger partial charge in [0, 0.05) is 20.1 Å². The summed E-state index contributed by atoms with van der Waals surface area (Å²) in [6, 6.07) is 8.17. The molecule has 23 heavy (non-hydrogen) atoms. The minimum atomic E-state index is -0.779. The molecule has 0 amide bonds. The first-order chi connectivity index (χ1) is 11.1. The molecule has 1 aromatic heterocycles. The van der Waals surface area contributed by atoms with E-state index in [9.17, 15) is 5.11 Å². The average molecular weight is 315 g/mol. The Hall–Kier alpha value is -1.85. The van der Waals surface area contributed by atoms with E-state index in [1.54, 1.807) is 11.8 Å². The van der Waals surface area contributed by atoms with Gasteiger partial charge in [-0.3, -0.25) is 0 Å². The molecule has 0 bridgehead atoms. The maximum Gasteiger partial charge on any atom is 0.216 e. The molecule has 5 heteroatoms. The summed E-state index contributed by atoms with van der Waals surface area (Å²) in [7, 11) is 3.56. The van der Waals surface area contributed by atoms with E-state index in [1.165, 1.54) is 5.56 Å². The number of benzene rings is 1. The van der Waals surface area contributed by atoms with E-state index >= 15 is 0 Å². The summed E-state index contributed by atoms with van der Waals surface area (Å²) in [5.41, 5.74) is 3.65. The first-order valence-corrected chi connectivity index (χ1v) is 8.19. The van der Waals surface area contributed by atoms with E-state index in [1.807, 2.05) is 25.2 Å². The number of ether oxygens (including phenoxy) is 1. The summed E-state index contributed by atoms with van der Waals surface area (Å²) in [5, 5.41) is 18.9. The molecule has 3 rings (SSSR count). The van der Waals surface area contributed by atoms with Crippen molar-refractivity contribution in [3.05, 3.63) is 46.6 Å². The summed E-state index contributed by atoms with van der Waals surface area (Å²) in [4.78, 5) is 0. The molecule has 2 aromatic rings. The molecule has 1 heterocycles. The lowest BCUT2D eigenvalue weighted by atomic mass is 9.96. The molecule has 0 radical (unpaired) electrons. The van der Waals surface area contributed by atoms with Gasteiger partial charge in [-0.1, -0.05) is 31.2 Å². The van der Waals surface area contributed by atoms with Gasteiger partial charge in [0.15, 0.2) is 0 Å². The minimum absolute atomic E-state index is 0.533. The van der Waals surface area contributed by atoms with Crippen molar-refractivity contribution in [1.29, 1.82) is 0 Å². The van der Waals surface area contributed by atoms with E-state index in [0.29, 0.717) is 13.1 Å². The van der Waals surface area contributed by atoms with E-state index in [4.69, 9.17) is 4.74 Å². The van der Waals surface area contributed by atoms with Crippen molar-refractivity contribution in [2.75, 3.05) is 13.7 Å². The van der Waals surface area contributed by atoms with Crippen molar-refractivity contribution >= 4 is 0 Å². The summed E-state index contributed by atoms with van der Waals surface area (Å²) in [6.07, 6.45) is 2.57. The predicted molar refractivity (Wildman–Crippen MR) is 89.5 cm³/mol. The molecule has 1 aliphatic rings. The van der Waals surface area contributed by atoms with Crippen molar-refractivity contribution in [3.63, 3.8) is 0 Å². The molecule has 1 aliphatic carbocycles. The maximum atomic E-state index is 11.0. The highest BCUT2D eigenvalue weighted by molar-refractivity contribution is 5.37. The third-order valence-corrected chi connectivity index (χ3v) is 4.75. The molecule has 0 saturated heterocycles.